The summed E-state index contributed by atoms with van der Waals surface area (Å²) in [5, 5.41) is 5.91. The molecule has 0 saturated carbocycles. The SMILES string of the molecule is O=C(OC[C@H]1CC=CC[C@@H]1C/C=N/N1C(=O)OC[C@H]1Cc1ccccc1)c1ccccc1. The lowest BCUT2D eigenvalue weighted by Crippen LogP contribution is -2.31. The maximum absolute atomic E-state index is 12.3. The zero-order valence-electron chi connectivity index (χ0n) is 18.0. The minimum atomic E-state index is -0.404. The van der Waals surface area contributed by atoms with E-state index in [1.54, 1.807) is 18.3 Å². The molecule has 1 fully saturated rings. The Morgan fingerprint density at radius 1 is 1.03 bits per heavy atom. The molecule has 1 amide bonds. The Balaban J connectivity index is 1.32. The fourth-order valence-electron chi connectivity index (χ4n) is 4.16. The van der Waals surface area contributed by atoms with Crippen molar-refractivity contribution in [2.75, 3.05) is 13.2 Å². The number of hydrogen-bond acceptors (Lipinski definition) is 5. The molecule has 0 spiro atoms. The van der Waals surface area contributed by atoms with Crippen LogP contribution in [0.1, 0.15) is 35.2 Å². The van der Waals surface area contributed by atoms with Gasteiger partial charge < -0.3 is 9.47 Å². The molecule has 0 aromatic heterocycles. The lowest BCUT2D eigenvalue weighted by Gasteiger charge is -2.27. The van der Waals surface area contributed by atoms with Crippen LogP contribution in [0.3, 0.4) is 0 Å². The van der Waals surface area contributed by atoms with Gasteiger partial charge in [0.15, 0.2) is 0 Å². The topological polar surface area (TPSA) is 68.2 Å². The van der Waals surface area contributed by atoms with E-state index in [0.29, 0.717) is 37.5 Å². The third-order valence-electron chi connectivity index (χ3n) is 6.01. The number of cyclic esters (lactones) is 1. The molecule has 1 aliphatic heterocycles. The molecule has 1 saturated heterocycles. The first-order chi connectivity index (χ1) is 15.7. The second-order valence-corrected chi connectivity index (χ2v) is 8.23. The molecule has 2 aromatic carbocycles. The maximum atomic E-state index is 12.3. The predicted molar refractivity (Wildman–Crippen MR) is 122 cm³/mol. The van der Waals surface area contributed by atoms with Gasteiger partial charge in [-0.3, -0.25) is 0 Å². The van der Waals surface area contributed by atoms with Crippen LogP contribution in [0.15, 0.2) is 77.9 Å². The third-order valence-corrected chi connectivity index (χ3v) is 6.01. The first kappa shape index (κ1) is 21.8. The van der Waals surface area contributed by atoms with Crippen LogP contribution < -0.4 is 0 Å². The monoisotopic (exact) mass is 432 g/mol. The van der Waals surface area contributed by atoms with E-state index in [4.69, 9.17) is 9.47 Å². The van der Waals surface area contributed by atoms with Crippen molar-refractivity contribution in [3.8, 4) is 0 Å². The fraction of sp³-hybridized carbons (Fsp3) is 0.346. The molecule has 166 valence electrons. The molecule has 4 rings (SSSR count). The predicted octanol–water partition coefficient (Wildman–Crippen LogP) is 4.87. The number of nitrogens with zero attached hydrogens (tertiary/aromatic N) is 2. The molecule has 2 aliphatic rings. The normalized spacial score (nSPS) is 22.8. The minimum Gasteiger partial charge on any atom is -0.462 e. The highest BCUT2D eigenvalue weighted by molar-refractivity contribution is 5.89. The maximum Gasteiger partial charge on any atom is 0.430 e. The number of esters is 1. The lowest BCUT2D eigenvalue weighted by atomic mass is 9.82. The van der Waals surface area contributed by atoms with E-state index >= 15 is 0 Å². The van der Waals surface area contributed by atoms with Crippen LogP contribution in [-0.2, 0) is 15.9 Å². The molecular weight excluding hydrogens is 404 g/mol. The summed E-state index contributed by atoms with van der Waals surface area (Å²) in [5.74, 6) is 0.236. The van der Waals surface area contributed by atoms with Crippen LogP contribution in [0.4, 0.5) is 4.79 Å². The largest absolute Gasteiger partial charge is 0.462 e. The van der Waals surface area contributed by atoms with Crippen molar-refractivity contribution >= 4 is 18.3 Å². The number of allylic oxidation sites excluding steroid dienone is 2. The van der Waals surface area contributed by atoms with E-state index in [1.807, 2.05) is 48.5 Å². The number of carbonyl (C=O) groups is 2. The number of amides is 1. The van der Waals surface area contributed by atoms with Crippen LogP contribution in [0, 0.1) is 11.8 Å². The van der Waals surface area contributed by atoms with Crippen LogP contribution in [0.2, 0.25) is 0 Å². The first-order valence-electron chi connectivity index (χ1n) is 11.1. The van der Waals surface area contributed by atoms with Gasteiger partial charge in [0.1, 0.15) is 6.61 Å². The molecule has 1 heterocycles. The molecule has 0 bridgehead atoms. The summed E-state index contributed by atoms with van der Waals surface area (Å²) in [6.45, 7) is 0.717. The van der Waals surface area contributed by atoms with Crippen molar-refractivity contribution in [3.05, 3.63) is 83.9 Å². The van der Waals surface area contributed by atoms with E-state index in [2.05, 4.69) is 17.3 Å². The number of carbonyl (C=O) groups excluding carboxylic acids is 2. The van der Waals surface area contributed by atoms with Crippen LogP contribution in [0.5, 0.6) is 0 Å². The van der Waals surface area contributed by atoms with Crippen molar-refractivity contribution in [1.82, 2.24) is 5.01 Å². The summed E-state index contributed by atoms with van der Waals surface area (Å²) in [4.78, 5) is 24.4. The Hall–Kier alpha value is -3.41. The number of ether oxygens (including phenoxy) is 2. The fourth-order valence-corrected chi connectivity index (χ4v) is 4.16. The Bertz CT molecular complexity index is 958. The van der Waals surface area contributed by atoms with Crippen LogP contribution in [-0.4, -0.2) is 42.5 Å². The molecule has 32 heavy (non-hydrogen) atoms. The van der Waals surface area contributed by atoms with Gasteiger partial charge in [-0.25, -0.2) is 9.59 Å². The van der Waals surface area contributed by atoms with Crippen LogP contribution >= 0.6 is 0 Å². The zero-order chi connectivity index (χ0) is 22.2. The van der Waals surface area contributed by atoms with E-state index in [1.165, 1.54) is 5.01 Å². The molecule has 3 atom stereocenters. The Kier molecular flexibility index (Phi) is 7.33. The van der Waals surface area contributed by atoms with E-state index in [9.17, 15) is 9.59 Å². The van der Waals surface area contributed by atoms with Gasteiger partial charge in [-0.15, -0.1) is 0 Å². The van der Waals surface area contributed by atoms with Crippen molar-refractivity contribution in [3.63, 3.8) is 0 Å². The van der Waals surface area contributed by atoms with Crippen molar-refractivity contribution in [1.29, 1.82) is 0 Å². The quantitative estimate of drug-likeness (QED) is 0.339. The highest BCUT2D eigenvalue weighted by Crippen LogP contribution is 2.28. The number of benzene rings is 2. The highest BCUT2D eigenvalue weighted by Gasteiger charge is 2.33. The Labute approximate surface area is 188 Å². The molecular formula is C26H28N2O4. The molecule has 1 aliphatic carbocycles. The second-order valence-electron chi connectivity index (χ2n) is 8.23. The van der Waals surface area contributed by atoms with E-state index in [-0.39, 0.29) is 17.9 Å². The Morgan fingerprint density at radius 3 is 2.47 bits per heavy atom. The molecule has 6 heteroatoms. The molecule has 0 unspecified atom stereocenters. The number of hydrazone groups is 1. The minimum absolute atomic E-state index is 0.102. The smallest absolute Gasteiger partial charge is 0.430 e. The average molecular weight is 433 g/mol. The standard InChI is InChI=1S/C26H28N2O4/c29-25(22-12-5-2-6-13-22)31-18-23-14-8-7-11-21(23)15-16-27-28-24(19-32-26(28)30)17-20-9-3-1-4-10-20/h1-10,12-13,16,21,23-24H,11,14-15,17-19H2/b27-16+/t21-,23-,24-/m1/s1. The third kappa shape index (κ3) is 5.63. The summed E-state index contributed by atoms with van der Waals surface area (Å²) < 4.78 is 10.8. The molecule has 2 aromatic rings. The van der Waals surface area contributed by atoms with Gasteiger partial charge in [-0.05, 0) is 49.3 Å². The van der Waals surface area contributed by atoms with Gasteiger partial charge in [0.25, 0.3) is 0 Å². The summed E-state index contributed by atoms with van der Waals surface area (Å²) >= 11 is 0. The van der Waals surface area contributed by atoms with Gasteiger partial charge in [0.2, 0.25) is 0 Å². The lowest BCUT2D eigenvalue weighted by molar-refractivity contribution is 0.0390. The number of rotatable bonds is 8. The molecule has 0 radical (unpaired) electrons. The van der Waals surface area contributed by atoms with Gasteiger partial charge in [-0.1, -0.05) is 60.7 Å². The van der Waals surface area contributed by atoms with Crippen molar-refractivity contribution < 1.29 is 19.1 Å². The van der Waals surface area contributed by atoms with Crippen LogP contribution in [0.25, 0.3) is 0 Å². The zero-order valence-corrected chi connectivity index (χ0v) is 18.0. The summed E-state index contributed by atoms with van der Waals surface area (Å²) in [6.07, 6.45) is 8.88. The van der Waals surface area contributed by atoms with Gasteiger partial charge in [0, 0.05) is 12.1 Å². The highest BCUT2D eigenvalue weighted by atomic mass is 16.6. The number of hydrogen-bond donors (Lipinski definition) is 0. The molecule has 0 N–H and O–H groups in total. The van der Waals surface area contributed by atoms with Crippen molar-refractivity contribution in [2.24, 2.45) is 16.9 Å². The van der Waals surface area contributed by atoms with Crippen molar-refractivity contribution in [2.45, 2.75) is 31.7 Å². The summed E-state index contributed by atoms with van der Waals surface area (Å²) in [7, 11) is 0. The summed E-state index contributed by atoms with van der Waals surface area (Å²) in [5.41, 5.74) is 1.71. The average Bonchev–Trinajstić information content (AvgIpc) is 3.18. The van der Waals surface area contributed by atoms with Gasteiger partial charge in [-0.2, -0.15) is 10.1 Å². The van der Waals surface area contributed by atoms with E-state index in [0.717, 1.165) is 18.4 Å². The Morgan fingerprint density at radius 2 is 1.72 bits per heavy atom. The van der Waals surface area contributed by atoms with Gasteiger partial charge in [0.05, 0.1) is 18.2 Å². The second kappa shape index (κ2) is 10.8. The van der Waals surface area contributed by atoms with Gasteiger partial charge >= 0.3 is 12.1 Å². The molecule has 6 nitrogen and oxygen atoms in total. The first-order valence-corrected chi connectivity index (χ1v) is 11.1. The summed E-state index contributed by atoms with van der Waals surface area (Å²) in [6, 6.07) is 19.0. The van der Waals surface area contributed by atoms with E-state index < -0.39 is 6.09 Å².